The lowest BCUT2D eigenvalue weighted by atomic mass is 10.2. The first-order valence-electron chi connectivity index (χ1n) is 3.86. The van der Waals surface area contributed by atoms with Crippen LogP contribution >= 0.6 is 15.9 Å². The van der Waals surface area contributed by atoms with E-state index >= 15 is 0 Å². The third-order valence-electron chi connectivity index (χ3n) is 1.51. The van der Waals surface area contributed by atoms with E-state index in [1.807, 2.05) is 31.2 Å². The predicted octanol–water partition coefficient (Wildman–Crippen LogP) is 2.44. The highest BCUT2D eigenvalue weighted by atomic mass is 79.9. The van der Waals surface area contributed by atoms with Gasteiger partial charge in [0.05, 0.1) is 11.6 Å². The molecule has 2 N–H and O–H groups in total. The summed E-state index contributed by atoms with van der Waals surface area (Å²) in [5.41, 5.74) is 6.67. The average Bonchev–Trinajstić information content (AvgIpc) is 2.06. The van der Waals surface area contributed by atoms with E-state index in [1.165, 1.54) is 0 Å². The van der Waals surface area contributed by atoms with E-state index in [1.54, 1.807) is 0 Å². The zero-order valence-corrected chi connectivity index (χ0v) is 8.54. The van der Waals surface area contributed by atoms with Crippen molar-refractivity contribution in [2.45, 2.75) is 11.9 Å². The van der Waals surface area contributed by atoms with Gasteiger partial charge in [0.2, 0.25) is 0 Å². The first-order valence-corrected chi connectivity index (χ1v) is 4.78. The summed E-state index contributed by atoms with van der Waals surface area (Å²) in [5.74, 6) is 0.884. The van der Waals surface area contributed by atoms with Crippen LogP contribution in [0.2, 0.25) is 0 Å². The third-order valence-corrected chi connectivity index (χ3v) is 2.04. The van der Waals surface area contributed by atoms with Gasteiger partial charge in [-0.1, -0.05) is 28.1 Å². The van der Waals surface area contributed by atoms with Gasteiger partial charge in [0.15, 0.2) is 0 Å². The molecule has 66 valence electrons. The van der Waals surface area contributed by atoms with Crippen LogP contribution in [-0.2, 0) is 0 Å². The molecule has 1 aromatic carbocycles. The second-order valence-corrected chi connectivity index (χ2v) is 3.39. The van der Waals surface area contributed by atoms with Crippen LogP contribution in [0.4, 0.5) is 0 Å². The molecule has 0 aliphatic rings. The largest absolute Gasteiger partial charge is 0.494 e. The van der Waals surface area contributed by atoms with Crippen LogP contribution in [0.3, 0.4) is 0 Å². The van der Waals surface area contributed by atoms with Crippen molar-refractivity contribution in [2.24, 2.45) is 5.73 Å². The van der Waals surface area contributed by atoms with Crippen LogP contribution in [0.15, 0.2) is 24.3 Å². The summed E-state index contributed by atoms with van der Waals surface area (Å²) < 4.78 is 5.28. The monoisotopic (exact) mass is 229 g/mol. The first kappa shape index (κ1) is 9.55. The first-order chi connectivity index (χ1) is 5.74. The van der Waals surface area contributed by atoms with Gasteiger partial charge in [-0.3, -0.25) is 0 Å². The molecule has 0 bridgehead atoms. The summed E-state index contributed by atoms with van der Waals surface area (Å²) in [7, 11) is 0. The molecular weight excluding hydrogens is 218 g/mol. The molecule has 0 aliphatic heterocycles. The molecular formula is C9H12BrNO. The van der Waals surface area contributed by atoms with Crippen molar-refractivity contribution in [3.05, 3.63) is 29.8 Å². The number of rotatable bonds is 3. The minimum Gasteiger partial charge on any atom is -0.494 e. The van der Waals surface area contributed by atoms with Gasteiger partial charge in [-0.15, -0.1) is 0 Å². The van der Waals surface area contributed by atoms with Crippen molar-refractivity contribution in [3.8, 4) is 5.75 Å². The van der Waals surface area contributed by atoms with Gasteiger partial charge < -0.3 is 10.5 Å². The van der Waals surface area contributed by atoms with Crippen LogP contribution in [0.5, 0.6) is 5.75 Å². The summed E-state index contributed by atoms with van der Waals surface area (Å²) in [6, 6.07) is 7.73. The Morgan fingerprint density at radius 1 is 1.42 bits per heavy atom. The third kappa shape index (κ3) is 2.50. The summed E-state index contributed by atoms with van der Waals surface area (Å²) in [4.78, 5) is -0.0897. The molecule has 0 fully saturated rings. The molecule has 0 spiro atoms. The molecule has 3 heteroatoms. The molecule has 0 heterocycles. The fourth-order valence-electron chi connectivity index (χ4n) is 0.915. The SMILES string of the molecule is CCOc1ccc(C(N)Br)cc1. The Morgan fingerprint density at radius 2 is 2.00 bits per heavy atom. The number of hydrogen-bond donors (Lipinski definition) is 1. The number of benzene rings is 1. The van der Waals surface area contributed by atoms with Crippen LogP contribution in [0.1, 0.15) is 17.4 Å². The van der Waals surface area contributed by atoms with Crippen molar-refractivity contribution in [1.82, 2.24) is 0 Å². The van der Waals surface area contributed by atoms with Gasteiger partial charge in [0.1, 0.15) is 5.75 Å². The second kappa shape index (κ2) is 4.48. The predicted molar refractivity (Wildman–Crippen MR) is 53.5 cm³/mol. The summed E-state index contributed by atoms with van der Waals surface area (Å²) in [6.07, 6.45) is 0. The van der Waals surface area contributed by atoms with Crippen LogP contribution in [0.25, 0.3) is 0 Å². The van der Waals surface area contributed by atoms with Gasteiger partial charge >= 0.3 is 0 Å². The van der Waals surface area contributed by atoms with Gasteiger partial charge in [-0.25, -0.2) is 0 Å². The van der Waals surface area contributed by atoms with Gasteiger partial charge in [0, 0.05) is 0 Å². The van der Waals surface area contributed by atoms with E-state index in [-0.39, 0.29) is 4.95 Å². The molecule has 1 aromatic rings. The number of alkyl halides is 1. The van der Waals surface area contributed by atoms with E-state index in [0.717, 1.165) is 11.3 Å². The Balaban J connectivity index is 2.71. The minimum atomic E-state index is -0.0897. The fourth-order valence-corrected chi connectivity index (χ4v) is 1.22. The second-order valence-electron chi connectivity index (χ2n) is 2.40. The molecule has 0 aromatic heterocycles. The Labute approximate surface area is 80.8 Å². The van der Waals surface area contributed by atoms with Crippen molar-refractivity contribution in [1.29, 1.82) is 0 Å². The molecule has 0 radical (unpaired) electrons. The lowest BCUT2D eigenvalue weighted by Gasteiger charge is -2.05. The maximum atomic E-state index is 5.61. The maximum Gasteiger partial charge on any atom is 0.119 e. The molecule has 2 nitrogen and oxygen atoms in total. The summed E-state index contributed by atoms with van der Waals surface area (Å²) in [5, 5.41) is 0. The van der Waals surface area contributed by atoms with Crippen LogP contribution in [-0.4, -0.2) is 6.61 Å². The Kier molecular flexibility index (Phi) is 3.56. The van der Waals surface area contributed by atoms with E-state index in [2.05, 4.69) is 15.9 Å². The van der Waals surface area contributed by atoms with E-state index in [4.69, 9.17) is 10.5 Å². The van der Waals surface area contributed by atoms with Gasteiger partial charge in [-0.2, -0.15) is 0 Å². The molecule has 12 heavy (non-hydrogen) atoms. The molecule has 0 amide bonds. The lowest BCUT2D eigenvalue weighted by molar-refractivity contribution is 0.340. The van der Waals surface area contributed by atoms with E-state index in [9.17, 15) is 0 Å². The summed E-state index contributed by atoms with van der Waals surface area (Å²) in [6.45, 7) is 2.66. The van der Waals surface area contributed by atoms with Crippen LogP contribution in [0, 0.1) is 0 Å². The highest BCUT2D eigenvalue weighted by molar-refractivity contribution is 9.09. The Hall–Kier alpha value is -0.540. The van der Waals surface area contributed by atoms with Crippen molar-refractivity contribution < 1.29 is 4.74 Å². The number of ether oxygens (including phenoxy) is 1. The minimum absolute atomic E-state index is 0.0897. The molecule has 0 aliphatic carbocycles. The maximum absolute atomic E-state index is 5.61. The number of halogens is 1. The topological polar surface area (TPSA) is 35.2 Å². The standard InChI is InChI=1S/C9H12BrNO/c1-2-12-8-5-3-7(4-6-8)9(10)11/h3-6,9H,2,11H2,1H3. The lowest BCUT2D eigenvalue weighted by Crippen LogP contribution is -2.01. The zero-order valence-electron chi connectivity index (χ0n) is 6.96. The quantitative estimate of drug-likeness (QED) is 0.639. The molecule has 1 atom stereocenters. The highest BCUT2D eigenvalue weighted by Gasteiger charge is 1.99. The van der Waals surface area contributed by atoms with Gasteiger partial charge in [-0.05, 0) is 24.6 Å². The number of nitrogens with two attached hydrogens (primary N) is 1. The molecule has 1 rings (SSSR count). The van der Waals surface area contributed by atoms with Crippen molar-refractivity contribution >= 4 is 15.9 Å². The average molecular weight is 230 g/mol. The van der Waals surface area contributed by atoms with E-state index < -0.39 is 0 Å². The fraction of sp³-hybridized carbons (Fsp3) is 0.333. The van der Waals surface area contributed by atoms with E-state index in [0.29, 0.717) is 6.61 Å². The molecule has 0 saturated heterocycles. The molecule has 0 saturated carbocycles. The number of hydrogen-bond acceptors (Lipinski definition) is 2. The van der Waals surface area contributed by atoms with Crippen molar-refractivity contribution in [2.75, 3.05) is 6.61 Å². The zero-order chi connectivity index (χ0) is 8.97. The molecule has 1 unspecified atom stereocenters. The smallest absolute Gasteiger partial charge is 0.119 e. The van der Waals surface area contributed by atoms with Gasteiger partial charge in [0.25, 0.3) is 0 Å². The normalized spacial score (nSPS) is 12.6. The summed E-state index contributed by atoms with van der Waals surface area (Å²) >= 11 is 3.28. The Morgan fingerprint density at radius 3 is 2.42 bits per heavy atom. The Bertz CT molecular complexity index is 233. The van der Waals surface area contributed by atoms with Crippen molar-refractivity contribution in [3.63, 3.8) is 0 Å². The van der Waals surface area contributed by atoms with Crippen LogP contribution < -0.4 is 10.5 Å². The highest BCUT2D eigenvalue weighted by Crippen LogP contribution is 2.19.